The Kier molecular flexibility index (Phi) is 3.02. The lowest BCUT2D eigenvalue weighted by Gasteiger charge is -2.10. The van der Waals surface area contributed by atoms with E-state index in [1.54, 1.807) is 18.3 Å². The minimum absolute atomic E-state index is 0.102. The van der Waals surface area contributed by atoms with Crippen LogP contribution in [-0.4, -0.2) is 21.0 Å². The van der Waals surface area contributed by atoms with E-state index in [1.165, 1.54) is 24.3 Å². The van der Waals surface area contributed by atoms with Crippen LogP contribution in [0.4, 0.5) is 20.2 Å². The van der Waals surface area contributed by atoms with Crippen molar-refractivity contribution in [3.05, 3.63) is 59.9 Å². The Balaban J connectivity index is 1.87. The molecule has 120 valence electrons. The van der Waals surface area contributed by atoms with Gasteiger partial charge in [-0.25, -0.2) is 13.6 Å². The third-order valence-corrected chi connectivity index (χ3v) is 3.92. The molecule has 4 aromatic rings. The van der Waals surface area contributed by atoms with Crippen LogP contribution in [0.2, 0.25) is 0 Å². The number of carbonyl (C=O) groups is 1. The molecule has 7 heteroatoms. The van der Waals surface area contributed by atoms with E-state index >= 15 is 0 Å². The highest BCUT2D eigenvalue weighted by atomic mass is 19.1. The predicted molar refractivity (Wildman–Crippen MR) is 86.8 cm³/mol. The Morgan fingerprint density at radius 1 is 0.958 bits per heavy atom. The van der Waals surface area contributed by atoms with Crippen molar-refractivity contribution in [1.29, 1.82) is 0 Å². The first-order chi connectivity index (χ1) is 11.5. The van der Waals surface area contributed by atoms with Crippen LogP contribution in [0.1, 0.15) is 10.5 Å². The highest BCUT2D eigenvalue weighted by Crippen LogP contribution is 2.32. The summed E-state index contributed by atoms with van der Waals surface area (Å²) in [5.41, 5.74) is 1.50. The zero-order valence-corrected chi connectivity index (χ0v) is 12.2. The molecule has 0 unspecified atom stereocenters. The number of fused-ring (bicyclic) bond motifs is 2. The molecule has 0 aliphatic rings. The molecule has 4 rings (SSSR count). The molecule has 5 nitrogen and oxygen atoms in total. The lowest BCUT2D eigenvalue weighted by Crippen LogP contribution is -1.95. The fraction of sp³-hybridized carbons (Fsp3) is 0. The number of anilines is 2. The minimum Gasteiger partial charge on any atom is -0.477 e. The molecule has 2 aromatic heterocycles. The van der Waals surface area contributed by atoms with Gasteiger partial charge in [0.2, 0.25) is 0 Å². The molecule has 0 radical (unpaired) electrons. The topological polar surface area (TPSA) is 80.9 Å². The third-order valence-electron chi connectivity index (χ3n) is 3.92. The quantitative estimate of drug-likeness (QED) is 0.451. The SMILES string of the molecule is O=C(O)c1cc2c(Nc3ccc(F)c4[nH]ccc34)ccc(F)c2[nH]1. The van der Waals surface area contributed by atoms with Crippen LogP contribution in [0.25, 0.3) is 21.8 Å². The van der Waals surface area contributed by atoms with Gasteiger partial charge in [0, 0.05) is 28.3 Å². The Morgan fingerprint density at radius 3 is 2.33 bits per heavy atom. The van der Waals surface area contributed by atoms with Crippen LogP contribution in [0, 0.1) is 11.6 Å². The summed E-state index contributed by atoms with van der Waals surface area (Å²) < 4.78 is 27.7. The molecule has 0 spiro atoms. The number of aromatic nitrogens is 2. The molecule has 4 N–H and O–H groups in total. The number of H-pyrrole nitrogens is 2. The molecule has 0 amide bonds. The number of benzene rings is 2. The number of carboxylic acids is 1. The summed E-state index contributed by atoms with van der Waals surface area (Å²) in [7, 11) is 0. The van der Waals surface area contributed by atoms with Crippen LogP contribution < -0.4 is 5.32 Å². The smallest absolute Gasteiger partial charge is 0.352 e. The highest BCUT2D eigenvalue weighted by molar-refractivity contribution is 6.02. The van der Waals surface area contributed by atoms with Crippen molar-refractivity contribution in [2.45, 2.75) is 0 Å². The Hall–Kier alpha value is -3.35. The van der Waals surface area contributed by atoms with Crippen molar-refractivity contribution in [1.82, 2.24) is 9.97 Å². The summed E-state index contributed by atoms with van der Waals surface area (Å²) in [5.74, 6) is -2.10. The number of carboxylic acid groups (broad SMARTS) is 1. The maximum Gasteiger partial charge on any atom is 0.352 e. The number of halogens is 2. The van der Waals surface area contributed by atoms with E-state index in [-0.39, 0.29) is 17.0 Å². The largest absolute Gasteiger partial charge is 0.477 e. The lowest BCUT2D eigenvalue weighted by molar-refractivity contribution is 0.0691. The lowest BCUT2D eigenvalue weighted by atomic mass is 10.1. The van der Waals surface area contributed by atoms with Gasteiger partial charge in [0.05, 0.1) is 11.0 Å². The molecule has 2 aromatic carbocycles. The van der Waals surface area contributed by atoms with Gasteiger partial charge in [-0.15, -0.1) is 0 Å². The fourth-order valence-corrected chi connectivity index (χ4v) is 2.78. The number of nitrogens with one attached hydrogen (secondary N) is 3. The van der Waals surface area contributed by atoms with Crippen LogP contribution in [0.3, 0.4) is 0 Å². The molecule has 0 fully saturated rings. The Labute approximate surface area is 133 Å². The maximum atomic E-state index is 13.9. The second kappa shape index (κ2) is 5.09. The third kappa shape index (κ3) is 2.10. The molecule has 0 bridgehead atoms. The average Bonchev–Trinajstić information content (AvgIpc) is 3.20. The van der Waals surface area contributed by atoms with Gasteiger partial charge in [0.25, 0.3) is 0 Å². The number of aromatic amines is 2. The monoisotopic (exact) mass is 327 g/mol. The van der Waals surface area contributed by atoms with E-state index in [2.05, 4.69) is 15.3 Å². The molecule has 2 heterocycles. The first-order valence-electron chi connectivity index (χ1n) is 7.12. The van der Waals surface area contributed by atoms with Gasteiger partial charge in [-0.3, -0.25) is 0 Å². The van der Waals surface area contributed by atoms with Crippen molar-refractivity contribution in [3.63, 3.8) is 0 Å². The van der Waals surface area contributed by atoms with E-state index in [4.69, 9.17) is 5.11 Å². The molecular weight excluding hydrogens is 316 g/mol. The van der Waals surface area contributed by atoms with Gasteiger partial charge >= 0.3 is 5.97 Å². The van der Waals surface area contributed by atoms with Crippen molar-refractivity contribution < 1.29 is 18.7 Å². The predicted octanol–water partition coefficient (Wildman–Crippen LogP) is 4.37. The first-order valence-corrected chi connectivity index (χ1v) is 7.12. The molecule has 0 saturated carbocycles. The normalized spacial score (nSPS) is 11.2. The second-order valence-electron chi connectivity index (χ2n) is 5.36. The average molecular weight is 327 g/mol. The van der Waals surface area contributed by atoms with E-state index in [1.807, 2.05) is 0 Å². The standard InChI is InChI=1S/C17H11F2N3O2/c18-10-1-3-12(8-5-6-20-15(8)10)21-13-4-2-11(19)16-9(13)7-14(22-16)17(23)24/h1-7,20-22H,(H,23,24). The van der Waals surface area contributed by atoms with Crippen molar-refractivity contribution in [3.8, 4) is 0 Å². The number of hydrogen-bond donors (Lipinski definition) is 4. The van der Waals surface area contributed by atoms with E-state index < -0.39 is 11.8 Å². The summed E-state index contributed by atoms with van der Waals surface area (Å²) in [4.78, 5) is 16.5. The van der Waals surface area contributed by atoms with Gasteiger partial charge in [-0.1, -0.05) is 0 Å². The van der Waals surface area contributed by atoms with Crippen molar-refractivity contribution >= 4 is 39.1 Å². The summed E-state index contributed by atoms with van der Waals surface area (Å²) in [6.07, 6.45) is 1.62. The van der Waals surface area contributed by atoms with E-state index in [9.17, 15) is 13.6 Å². The van der Waals surface area contributed by atoms with Crippen LogP contribution in [0.15, 0.2) is 42.6 Å². The number of hydrogen-bond acceptors (Lipinski definition) is 2. The van der Waals surface area contributed by atoms with E-state index in [0.717, 1.165) is 0 Å². The summed E-state index contributed by atoms with van der Waals surface area (Å²) in [5, 5.41) is 13.2. The molecule has 24 heavy (non-hydrogen) atoms. The zero-order valence-electron chi connectivity index (χ0n) is 12.2. The number of aromatic carboxylic acids is 1. The van der Waals surface area contributed by atoms with Gasteiger partial charge in [0.15, 0.2) is 0 Å². The van der Waals surface area contributed by atoms with E-state index in [0.29, 0.717) is 27.7 Å². The maximum absolute atomic E-state index is 13.9. The molecular formula is C17H11F2N3O2. The summed E-state index contributed by atoms with van der Waals surface area (Å²) in [6.45, 7) is 0. The number of rotatable bonds is 3. The van der Waals surface area contributed by atoms with Gasteiger partial charge < -0.3 is 20.4 Å². The summed E-state index contributed by atoms with van der Waals surface area (Å²) >= 11 is 0. The Bertz CT molecular complexity index is 1100. The molecule has 0 saturated heterocycles. The zero-order chi connectivity index (χ0) is 16.8. The van der Waals surface area contributed by atoms with Crippen LogP contribution in [0.5, 0.6) is 0 Å². The van der Waals surface area contributed by atoms with Gasteiger partial charge in [-0.05, 0) is 36.4 Å². The second-order valence-corrected chi connectivity index (χ2v) is 5.36. The van der Waals surface area contributed by atoms with Gasteiger partial charge in [-0.2, -0.15) is 0 Å². The Morgan fingerprint density at radius 2 is 1.62 bits per heavy atom. The van der Waals surface area contributed by atoms with Crippen molar-refractivity contribution in [2.24, 2.45) is 0 Å². The van der Waals surface area contributed by atoms with Gasteiger partial charge in [0.1, 0.15) is 17.3 Å². The molecule has 0 aliphatic carbocycles. The van der Waals surface area contributed by atoms with Crippen LogP contribution in [-0.2, 0) is 0 Å². The van der Waals surface area contributed by atoms with Crippen LogP contribution >= 0.6 is 0 Å². The summed E-state index contributed by atoms with van der Waals surface area (Å²) in [6, 6.07) is 8.74. The fourth-order valence-electron chi connectivity index (χ4n) is 2.78. The molecule has 0 atom stereocenters. The first kappa shape index (κ1) is 14.3. The minimum atomic E-state index is -1.17. The molecule has 0 aliphatic heterocycles. The van der Waals surface area contributed by atoms with Crippen molar-refractivity contribution in [2.75, 3.05) is 5.32 Å². The highest BCUT2D eigenvalue weighted by Gasteiger charge is 2.15.